The van der Waals surface area contributed by atoms with Gasteiger partial charge in [-0.05, 0) is 51.3 Å². The Bertz CT molecular complexity index is 514. The van der Waals surface area contributed by atoms with Crippen molar-refractivity contribution in [2.75, 3.05) is 0 Å². The average molecular weight is 244 g/mol. The summed E-state index contributed by atoms with van der Waals surface area (Å²) in [7, 11) is 0. The first kappa shape index (κ1) is 11.6. The van der Waals surface area contributed by atoms with Crippen molar-refractivity contribution in [1.29, 1.82) is 0 Å². The monoisotopic (exact) mass is 244 g/mol. The van der Waals surface area contributed by atoms with Crippen LogP contribution in [0.3, 0.4) is 0 Å². The van der Waals surface area contributed by atoms with Crippen LogP contribution in [-0.2, 0) is 0 Å². The Kier molecular flexibility index (Phi) is 2.44. The summed E-state index contributed by atoms with van der Waals surface area (Å²) in [6.45, 7) is 6.31. The van der Waals surface area contributed by atoms with Crippen LogP contribution < -0.4 is 4.74 Å². The number of benzene rings is 1. The van der Waals surface area contributed by atoms with Crippen molar-refractivity contribution in [2.24, 2.45) is 5.92 Å². The number of rotatable bonds is 0. The van der Waals surface area contributed by atoms with E-state index in [4.69, 9.17) is 4.74 Å². The Balaban J connectivity index is 2.18. The normalized spacial score (nSPS) is 28.2. The zero-order valence-corrected chi connectivity index (χ0v) is 11.2. The van der Waals surface area contributed by atoms with Gasteiger partial charge in [0.25, 0.3) is 0 Å². The lowest BCUT2D eigenvalue weighted by molar-refractivity contribution is 0.00845. The molecule has 0 saturated carbocycles. The number of aryl methyl sites for hydroxylation is 1. The zero-order valence-electron chi connectivity index (χ0n) is 11.2. The molecule has 1 aliphatic carbocycles. The summed E-state index contributed by atoms with van der Waals surface area (Å²) in [5, 5.41) is 10.2. The first-order valence-corrected chi connectivity index (χ1v) is 6.66. The van der Waals surface area contributed by atoms with Crippen molar-refractivity contribution in [2.45, 2.75) is 45.1 Å². The van der Waals surface area contributed by atoms with Crippen LogP contribution in [0.15, 0.2) is 24.3 Å². The molecule has 1 aliphatic heterocycles. The quantitative estimate of drug-likeness (QED) is 0.701. The van der Waals surface area contributed by atoms with E-state index in [0.29, 0.717) is 17.6 Å². The number of fused-ring (bicyclic) bond motifs is 3. The van der Waals surface area contributed by atoms with E-state index in [9.17, 15) is 5.11 Å². The van der Waals surface area contributed by atoms with Gasteiger partial charge in [0.15, 0.2) is 0 Å². The number of aromatic hydroxyl groups is 1. The van der Waals surface area contributed by atoms with Crippen LogP contribution in [0.5, 0.6) is 11.5 Å². The number of ether oxygens (including phenoxy) is 1. The van der Waals surface area contributed by atoms with E-state index in [-0.39, 0.29) is 5.60 Å². The average Bonchev–Trinajstić information content (AvgIpc) is 2.27. The van der Waals surface area contributed by atoms with Crippen molar-refractivity contribution in [3.63, 3.8) is 0 Å². The van der Waals surface area contributed by atoms with E-state index in [1.54, 1.807) is 0 Å². The molecule has 1 N–H and O–H groups in total. The van der Waals surface area contributed by atoms with E-state index >= 15 is 0 Å². The van der Waals surface area contributed by atoms with Gasteiger partial charge in [0, 0.05) is 17.4 Å². The van der Waals surface area contributed by atoms with Gasteiger partial charge in [-0.1, -0.05) is 12.2 Å². The molecule has 18 heavy (non-hydrogen) atoms. The molecule has 0 aromatic heterocycles. The SMILES string of the molecule is Cc1cc(O)c2c(c1)OC(C)(C)[C@@H]1CC=CC[C@@H]21. The summed E-state index contributed by atoms with van der Waals surface area (Å²) in [6, 6.07) is 3.89. The fraction of sp³-hybridized carbons (Fsp3) is 0.500. The van der Waals surface area contributed by atoms with Crippen LogP contribution >= 0.6 is 0 Å². The Labute approximate surface area is 108 Å². The Morgan fingerprint density at radius 2 is 1.94 bits per heavy atom. The molecule has 0 bridgehead atoms. The lowest BCUT2D eigenvalue weighted by Gasteiger charge is -2.46. The summed E-state index contributed by atoms with van der Waals surface area (Å²) < 4.78 is 6.16. The van der Waals surface area contributed by atoms with Crippen LogP contribution in [0, 0.1) is 12.8 Å². The summed E-state index contributed by atoms with van der Waals surface area (Å²) in [5.41, 5.74) is 1.89. The van der Waals surface area contributed by atoms with Gasteiger partial charge in [0.1, 0.15) is 17.1 Å². The second kappa shape index (κ2) is 3.78. The summed E-state index contributed by atoms with van der Waals surface area (Å²) in [6.07, 6.45) is 6.50. The van der Waals surface area contributed by atoms with E-state index in [0.717, 1.165) is 29.7 Å². The Morgan fingerprint density at radius 1 is 1.22 bits per heavy atom. The maximum absolute atomic E-state index is 10.2. The molecule has 2 aliphatic rings. The molecule has 2 nitrogen and oxygen atoms in total. The van der Waals surface area contributed by atoms with Gasteiger partial charge in [-0.25, -0.2) is 0 Å². The molecule has 0 spiro atoms. The number of phenols is 1. The van der Waals surface area contributed by atoms with Crippen molar-refractivity contribution >= 4 is 0 Å². The minimum absolute atomic E-state index is 0.164. The molecule has 2 atom stereocenters. The lowest BCUT2D eigenvalue weighted by atomic mass is 9.68. The fourth-order valence-corrected chi connectivity index (χ4v) is 3.46. The highest BCUT2D eigenvalue weighted by molar-refractivity contribution is 5.52. The first-order chi connectivity index (χ1) is 8.49. The predicted octanol–water partition coefficient (Wildman–Crippen LogP) is 3.92. The number of hydrogen-bond acceptors (Lipinski definition) is 2. The molecule has 0 fully saturated rings. The highest BCUT2D eigenvalue weighted by Crippen LogP contribution is 2.52. The molecular weight excluding hydrogens is 224 g/mol. The van der Waals surface area contributed by atoms with Crippen molar-refractivity contribution in [3.8, 4) is 11.5 Å². The van der Waals surface area contributed by atoms with Gasteiger partial charge in [-0.2, -0.15) is 0 Å². The van der Waals surface area contributed by atoms with Crippen molar-refractivity contribution < 1.29 is 9.84 Å². The molecule has 0 radical (unpaired) electrons. The molecule has 1 heterocycles. The minimum atomic E-state index is -0.164. The maximum atomic E-state index is 10.2. The Hall–Kier alpha value is -1.44. The van der Waals surface area contributed by atoms with E-state index in [2.05, 4.69) is 26.0 Å². The molecular formula is C16H20O2. The van der Waals surface area contributed by atoms with Crippen LogP contribution in [0.2, 0.25) is 0 Å². The molecule has 3 rings (SSSR count). The van der Waals surface area contributed by atoms with Crippen LogP contribution in [-0.4, -0.2) is 10.7 Å². The molecule has 0 amide bonds. The Morgan fingerprint density at radius 3 is 2.72 bits per heavy atom. The third kappa shape index (κ3) is 1.63. The second-order valence-electron chi connectivity index (χ2n) is 6.06. The highest BCUT2D eigenvalue weighted by Gasteiger charge is 2.44. The van der Waals surface area contributed by atoms with Crippen LogP contribution in [0.1, 0.15) is 43.7 Å². The summed E-state index contributed by atoms with van der Waals surface area (Å²) in [5.74, 6) is 2.10. The largest absolute Gasteiger partial charge is 0.508 e. The van der Waals surface area contributed by atoms with Crippen molar-refractivity contribution in [3.05, 3.63) is 35.4 Å². The smallest absolute Gasteiger partial charge is 0.127 e. The summed E-state index contributed by atoms with van der Waals surface area (Å²) in [4.78, 5) is 0. The molecule has 0 saturated heterocycles. The van der Waals surface area contributed by atoms with Crippen LogP contribution in [0.4, 0.5) is 0 Å². The number of phenolic OH excluding ortho intramolecular Hbond substituents is 1. The molecule has 0 unspecified atom stereocenters. The van der Waals surface area contributed by atoms with Crippen molar-refractivity contribution in [1.82, 2.24) is 0 Å². The molecule has 1 aromatic rings. The second-order valence-corrected chi connectivity index (χ2v) is 6.06. The van der Waals surface area contributed by atoms with Gasteiger partial charge in [-0.3, -0.25) is 0 Å². The van der Waals surface area contributed by atoms with E-state index in [1.165, 1.54) is 0 Å². The van der Waals surface area contributed by atoms with Gasteiger partial charge in [0.2, 0.25) is 0 Å². The minimum Gasteiger partial charge on any atom is -0.508 e. The van der Waals surface area contributed by atoms with Gasteiger partial charge < -0.3 is 9.84 Å². The number of hydrogen-bond donors (Lipinski definition) is 1. The van der Waals surface area contributed by atoms with Gasteiger partial charge >= 0.3 is 0 Å². The molecule has 96 valence electrons. The standard InChI is InChI=1S/C16H20O2/c1-10-8-13(17)15-11-6-4-5-7-12(11)16(2,3)18-14(15)9-10/h4-5,8-9,11-12,17H,6-7H2,1-3H3/t11-,12-/m1/s1. The summed E-state index contributed by atoms with van der Waals surface area (Å²) >= 11 is 0. The zero-order chi connectivity index (χ0) is 12.9. The predicted molar refractivity (Wildman–Crippen MR) is 72.2 cm³/mol. The fourth-order valence-electron chi connectivity index (χ4n) is 3.46. The lowest BCUT2D eigenvalue weighted by Crippen LogP contribution is -2.45. The van der Waals surface area contributed by atoms with E-state index < -0.39 is 0 Å². The third-order valence-corrected chi connectivity index (χ3v) is 4.33. The van der Waals surface area contributed by atoms with Gasteiger partial charge in [-0.15, -0.1) is 0 Å². The highest BCUT2D eigenvalue weighted by atomic mass is 16.5. The molecule has 2 heteroatoms. The molecule has 1 aromatic carbocycles. The third-order valence-electron chi connectivity index (χ3n) is 4.33. The number of allylic oxidation sites excluding steroid dienone is 2. The first-order valence-electron chi connectivity index (χ1n) is 6.66. The maximum Gasteiger partial charge on any atom is 0.127 e. The van der Waals surface area contributed by atoms with E-state index in [1.807, 2.05) is 19.1 Å². The van der Waals surface area contributed by atoms with Gasteiger partial charge in [0.05, 0.1) is 0 Å². The topological polar surface area (TPSA) is 29.5 Å². The van der Waals surface area contributed by atoms with Crippen LogP contribution in [0.25, 0.3) is 0 Å².